The van der Waals surface area contributed by atoms with Gasteiger partial charge in [-0.25, -0.2) is 8.42 Å². The molecule has 8 heteroatoms. The molecule has 1 aliphatic rings. The van der Waals surface area contributed by atoms with Gasteiger partial charge < -0.3 is 10.2 Å². The first-order valence-electron chi connectivity index (χ1n) is 9.88. The van der Waals surface area contributed by atoms with Crippen molar-refractivity contribution >= 4 is 33.2 Å². The van der Waals surface area contributed by atoms with Crippen LogP contribution in [-0.4, -0.2) is 31.7 Å². The van der Waals surface area contributed by atoms with Gasteiger partial charge in [0.15, 0.2) is 0 Å². The molecule has 0 saturated carbocycles. The Kier molecular flexibility index (Phi) is 6.17. The number of rotatable bonds is 5. The Balaban J connectivity index is 1.82. The fourth-order valence-corrected chi connectivity index (χ4v) is 4.89. The fraction of sp³-hybridized carbons (Fsp3) is 0.364. The van der Waals surface area contributed by atoms with E-state index >= 15 is 0 Å². The van der Waals surface area contributed by atoms with E-state index in [1.165, 1.54) is 13.0 Å². The molecule has 30 heavy (non-hydrogen) atoms. The van der Waals surface area contributed by atoms with Crippen molar-refractivity contribution in [3.8, 4) is 0 Å². The first kappa shape index (κ1) is 21.8. The summed E-state index contributed by atoms with van der Waals surface area (Å²) in [5.41, 5.74) is 3.61. The minimum absolute atomic E-state index is 0.0725. The van der Waals surface area contributed by atoms with Crippen LogP contribution in [-0.2, 0) is 32.6 Å². The molecule has 0 unspecified atom stereocenters. The molecule has 0 aliphatic carbocycles. The molecule has 7 nitrogen and oxygen atoms in total. The van der Waals surface area contributed by atoms with E-state index in [9.17, 15) is 18.0 Å². The van der Waals surface area contributed by atoms with Gasteiger partial charge >= 0.3 is 0 Å². The van der Waals surface area contributed by atoms with Crippen molar-refractivity contribution in [1.29, 1.82) is 0 Å². The topological polar surface area (TPSA) is 95.6 Å². The zero-order valence-corrected chi connectivity index (χ0v) is 18.5. The molecule has 0 spiro atoms. The van der Waals surface area contributed by atoms with E-state index in [-0.39, 0.29) is 22.6 Å². The lowest BCUT2D eigenvalue weighted by Gasteiger charge is -2.30. The Labute approximate surface area is 177 Å². The smallest absolute Gasteiger partial charge is 0.262 e. The first-order chi connectivity index (χ1) is 14.1. The van der Waals surface area contributed by atoms with Crippen LogP contribution in [0.15, 0.2) is 41.3 Å². The Bertz CT molecular complexity index is 1090. The summed E-state index contributed by atoms with van der Waals surface area (Å²) < 4.78 is 28.5. The van der Waals surface area contributed by atoms with Crippen LogP contribution in [0, 0.1) is 12.8 Å². The molecule has 0 bridgehead atoms. The number of hydrogen-bond acceptors (Lipinski definition) is 4. The van der Waals surface area contributed by atoms with Gasteiger partial charge in [0.2, 0.25) is 11.8 Å². The molecular formula is C22H27N3O4S. The number of nitrogens with one attached hydrogen (secondary N) is 2. The number of sulfonamides is 1. The van der Waals surface area contributed by atoms with Gasteiger partial charge in [-0.1, -0.05) is 19.9 Å². The SMILES string of the molecule is CC(=O)Nc1ccc(S(=O)(=O)Nc2ccc3c(c2)CN(C(=O)C(C)C)CC3)c(C)c1. The van der Waals surface area contributed by atoms with E-state index in [2.05, 4.69) is 10.0 Å². The summed E-state index contributed by atoms with van der Waals surface area (Å²) >= 11 is 0. The van der Waals surface area contributed by atoms with Gasteiger partial charge in [0.1, 0.15) is 0 Å². The lowest BCUT2D eigenvalue weighted by atomic mass is 9.98. The Hall–Kier alpha value is -2.87. The second-order valence-corrected chi connectivity index (χ2v) is 9.57. The highest BCUT2D eigenvalue weighted by molar-refractivity contribution is 7.92. The normalized spacial score (nSPS) is 13.7. The van der Waals surface area contributed by atoms with E-state index < -0.39 is 10.0 Å². The second kappa shape index (κ2) is 8.47. The lowest BCUT2D eigenvalue weighted by Crippen LogP contribution is -2.38. The van der Waals surface area contributed by atoms with Gasteiger partial charge in [-0.3, -0.25) is 14.3 Å². The standard InChI is InChI=1S/C22H27N3O4S/c1-14(2)22(27)25-10-9-17-5-6-20(12-18(17)13-25)24-30(28,29)21-8-7-19(11-15(21)3)23-16(4)26/h5-8,11-12,14,24H,9-10,13H2,1-4H3,(H,23,26). The predicted octanol–water partition coefficient (Wildman–Crippen LogP) is 3.29. The van der Waals surface area contributed by atoms with Crippen molar-refractivity contribution in [2.75, 3.05) is 16.6 Å². The second-order valence-electron chi connectivity index (χ2n) is 7.91. The van der Waals surface area contributed by atoms with Crippen LogP contribution in [0.2, 0.25) is 0 Å². The molecular weight excluding hydrogens is 402 g/mol. The summed E-state index contributed by atoms with van der Waals surface area (Å²) in [5, 5.41) is 2.64. The van der Waals surface area contributed by atoms with Gasteiger partial charge in [-0.05, 0) is 60.4 Å². The lowest BCUT2D eigenvalue weighted by molar-refractivity contribution is -0.135. The molecule has 3 rings (SSSR count). The van der Waals surface area contributed by atoms with Crippen molar-refractivity contribution in [1.82, 2.24) is 4.90 Å². The van der Waals surface area contributed by atoms with Crippen LogP contribution < -0.4 is 10.0 Å². The summed E-state index contributed by atoms with van der Waals surface area (Å²) in [6, 6.07) is 10.1. The summed E-state index contributed by atoms with van der Waals surface area (Å²) in [7, 11) is -3.80. The van der Waals surface area contributed by atoms with Crippen molar-refractivity contribution in [2.24, 2.45) is 5.92 Å². The van der Waals surface area contributed by atoms with Crippen LogP contribution in [0.3, 0.4) is 0 Å². The van der Waals surface area contributed by atoms with Gasteiger partial charge in [0.05, 0.1) is 4.90 Å². The highest BCUT2D eigenvalue weighted by atomic mass is 32.2. The molecule has 2 aromatic carbocycles. The minimum Gasteiger partial charge on any atom is -0.338 e. The number of hydrogen-bond donors (Lipinski definition) is 2. The van der Waals surface area contributed by atoms with Crippen LogP contribution in [0.1, 0.15) is 37.5 Å². The van der Waals surface area contributed by atoms with Gasteiger partial charge in [-0.2, -0.15) is 0 Å². The predicted molar refractivity (Wildman–Crippen MR) is 117 cm³/mol. The Morgan fingerprint density at radius 3 is 2.37 bits per heavy atom. The van der Waals surface area contributed by atoms with E-state index in [4.69, 9.17) is 0 Å². The number of anilines is 2. The van der Waals surface area contributed by atoms with Gasteiger partial charge in [-0.15, -0.1) is 0 Å². The third-order valence-corrected chi connectivity index (χ3v) is 6.60. The van der Waals surface area contributed by atoms with Gasteiger partial charge in [0.25, 0.3) is 10.0 Å². The zero-order chi connectivity index (χ0) is 22.1. The summed E-state index contributed by atoms with van der Waals surface area (Å²) in [4.78, 5) is 25.5. The maximum absolute atomic E-state index is 12.9. The fourth-order valence-electron chi connectivity index (χ4n) is 3.62. The Morgan fingerprint density at radius 1 is 1.03 bits per heavy atom. The van der Waals surface area contributed by atoms with Crippen LogP contribution in [0.4, 0.5) is 11.4 Å². The third-order valence-electron chi connectivity index (χ3n) is 5.06. The average molecular weight is 430 g/mol. The maximum Gasteiger partial charge on any atom is 0.262 e. The molecule has 2 aromatic rings. The van der Waals surface area contributed by atoms with Crippen molar-refractivity contribution in [2.45, 2.75) is 45.6 Å². The van der Waals surface area contributed by atoms with Gasteiger partial charge in [0, 0.05) is 37.3 Å². The quantitative estimate of drug-likeness (QED) is 0.762. The summed E-state index contributed by atoms with van der Waals surface area (Å²) in [6.45, 7) is 7.99. The third kappa shape index (κ3) is 4.81. The molecule has 2 N–H and O–H groups in total. The van der Waals surface area contributed by atoms with Crippen molar-refractivity contribution < 1.29 is 18.0 Å². The molecule has 0 saturated heterocycles. The number of nitrogens with zero attached hydrogens (tertiary/aromatic N) is 1. The van der Waals surface area contributed by atoms with E-state index in [1.54, 1.807) is 31.2 Å². The largest absolute Gasteiger partial charge is 0.338 e. The average Bonchev–Trinajstić information content (AvgIpc) is 2.65. The number of carbonyl (C=O) groups is 2. The van der Waals surface area contributed by atoms with Crippen LogP contribution in [0.25, 0.3) is 0 Å². The van der Waals surface area contributed by atoms with Crippen molar-refractivity contribution in [3.05, 3.63) is 53.1 Å². The number of benzene rings is 2. The zero-order valence-electron chi connectivity index (χ0n) is 17.7. The van der Waals surface area contributed by atoms with E-state index in [0.29, 0.717) is 30.0 Å². The number of aryl methyl sites for hydroxylation is 1. The molecule has 1 aliphatic heterocycles. The molecule has 160 valence electrons. The first-order valence-corrected chi connectivity index (χ1v) is 11.4. The molecule has 0 atom stereocenters. The number of carbonyl (C=O) groups excluding carboxylic acids is 2. The van der Waals surface area contributed by atoms with E-state index in [0.717, 1.165) is 17.5 Å². The monoisotopic (exact) mass is 429 g/mol. The van der Waals surface area contributed by atoms with E-state index in [1.807, 2.05) is 24.8 Å². The van der Waals surface area contributed by atoms with Crippen molar-refractivity contribution in [3.63, 3.8) is 0 Å². The van der Waals surface area contributed by atoms with Crippen LogP contribution in [0.5, 0.6) is 0 Å². The molecule has 1 heterocycles. The molecule has 0 radical (unpaired) electrons. The van der Waals surface area contributed by atoms with Crippen LogP contribution >= 0.6 is 0 Å². The minimum atomic E-state index is -3.80. The Morgan fingerprint density at radius 2 is 1.73 bits per heavy atom. The summed E-state index contributed by atoms with van der Waals surface area (Å²) in [6.07, 6.45) is 0.755. The molecule has 2 amide bonds. The summed E-state index contributed by atoms with van der Waals surface area (Å²) in [5.74, 6) is -0.194. The number of fused-ring (bicyclic) bond motifs is 1. The maximum atomic E-state index is 12.9. The number of amides is 2. The highest BCUT2D eigenvalue weighted by Crippen LogP contribution is 2.27. The highest BCUT2D eigenvalue weighted by Gasteiger charge is 2.24. The molecule has 0 aromatic heterocycles. The molecule has 0 fully saturated rings.